The molecule has 1 aromatic heterocycles. The molecule has 1 saturated carbocycles. The van der Waals surface area contributed by atoms with Crippen LogP contribution >= 0.6 is 11.3 Å². The maximum atomic E-state index is 4.73. The fraction of sp³-hybridized carbons (Fsp3) is 0.800. The Hall–Kier alpha value is -0.410. The summed E-state index contributed by atoms with van der Waals surface area (Å²) in [4.78, 5) is 6.12. The monoisotopic (exact) mass is 266 g/mol. The van der Waals surface area contributed by atoms with Gasteiger partial charge in [-0.3, -0.25) is 0 Å². The lowest BCUT2D eigenvalue weighted by atomic mass is 9.85. The molecule has 2 rings (SSSR count). The summed E-state index contributed by atoms with van der Waals surface area (Å²) in [7, 11) is 2.08. The summed E-state index contributed by atoms with van der Waals surface area (Å²) in [6.45, 7) is 5.50. The molecule has 1 aliphatic rings. The topological polar surface area (TPSA) is 24.9 Å². The van der Waals surface area contributed by atoms with Crippen molar-refractivity contribution in [3.05, 3.63) is 15.6 Å². The summed E-state index contributed by atoms with van der Waals surface area (Å²) in [6, 6.07) is 0. The fourth-order valence-electron chi connectivity index (χ4n) is 3.11. The van der Waals surface area contributed by atoms with E-state index in [2.05, 4.69) is 26.2 Å². The Morgan fingerprint density at radius 1 is 1.17 bits per heavy atom. The molecular weight excluding hydrogens is 240 g/mol. The first-order valence-electron chi connectivity index (χ1n) is 7.28. The van der Waals surface area contributed by atoms with E-state index in [4.69, 9.17) is 4.98 Å². The van der Waals surface area contributed by atoms with Crippen molar-refractivity contribution in [3.8, 4) is 0 Å². The van der Waals surface area contributed by atoms with E-state index >= 15 is 0 Å². The molecule has 1 N–H and O–H groups in total. The lowest BCUT2D eigenvalue weighted by Gasteiger charge is -2.24. The third-order valence-electron chi connectivity index (χ3n) is 4.29. The number of thiazole rings is 1. The van der Waals surface area contributed by atoms with Gasteiger partial charge in [0.15, 0.2) is 0 Å². The molecular formula is C15H26N2S. The molecule has 0 amide bonds. The standard InChI is InChI=1S/C15H26N2S/c1-11-12(2)18-15(17-11)9-13-7-5-4-6-8-14(13)10-16-3/h13-14,16H,4-10H2,1-3H3. The molecule has 2 atom stereocenters. The molecule has 0 aliphatic heterocycles. The maximum absolute atomic E-state index is 4.73. The summed E-state index contributed by atoms with van der Waals surface area (Å²) in [5.41, 5.74) is 1.23. The van der Waals surface area contributed by atoms with Crippen LogP contribution in [-0.4, -0.2) is 18.6 Å². The Morgan fingerprint density at radius 3 is 2.50 bits per heavy atom. The fourth-order valence-corrected chi connectivity index (χ4v) is 4.14. The molecule has 2 unspecified atom stereocenters. The lowest BCUT2D eigenvalue weighted by molar-refractivity contribution is 0.303. The van der Waals surface area contributed by atoms with Gasteiger partial charge in [-0.25, -0.2) is 4.98 Å². The van der Waals surface area contributed by atoms with Crippen LogP contribution in [-0.2, 0) is 6.42 Å². The van der Waals surface area contributed by atoms with Gasteiger partial charge in [-0.2, -0.15) is 0 Å². The smallest absolute Gasteiger partial charge is 0.0933 e. The molecule has 3 heteroatoms. The number of hydrogen-bond donors (Lipinski definition) is 1. The SMILES string of the molecule is CNCC1CCCCCC1Cc1nc(C)c(C)s1. The second-order valence-electron chi connectivity index (χ2n) is 5.67. The highest BCUT2D eigenvalue weighted by Gasteiger charge is 2.24. The van der Waals surface area contributed by atoms with Crippen molar-refractivity contribution in [1.29, 1.82) is 0 Å². The zero-order valence-corrected chi connectivity index (χ0v) is 12.8. The molecule has 102 valence electrons. The van der Waals surface area contributed by atoms with E-state index in [1.165, 1.54) is 60.6 Å². The van der Waals surface area contributed by atoms with Gasteiger partial charge in [-0.05, 0) is 52.1 Å². The summed E-state index contributed by atoms with van der Waals surface area (Å²) in [6.07, 6.45) is 8.24. The Labute approximate surface area is 115 Å². The third-order valence-corrected chi connectivity index (χ3v) is 5.39. The van der Waals surface area contributed by atoms with Gasteiger partial charge in [0.25, 0.3) is 0 Å². The highest BCUT2D eigenvalue weighted by molar-refractivity contribution is 7.11. The minimum absolute atomic E-state index is 0.838. The largest absolute Gasteiger partial charge is 0.319 e. The lowest BCUT2D eigenvalue weighted by Crippen LogP contribution is -2.26. The predicted octanol–water partition coefficient (Wildman–Crippen LogP) is 3.72. The number of aryl methyl sites for hydroxylation is 2. The van der Waals surface area contributed by atoms with Crippen molar-refractivity contribution >= 4 is 11.3 Å². The van der Waals surface area contributed by atoms with E-state index < -0.39 is 0 Å². The van der Waals surface area contributed by atoms with Crippen molar-refractivity contribution in [2.24, 2.45) is 11.8 Å². The van der Waals surface area contributed by atoms with Crippen LogP contribution in [0.25, 0.3) is 0 Å². The Bertz CT molecular complexity index is 353. The van der Waals surface area contributed by atoms with Crippen LogP contribution in [0.1, 0.15) is 47.7 Å². The average molecular weight is 266 g/mol. The molecule has 1 aromatic rings. The Kier molecular flexibility index (Phi) is 5.19. The van der Waals surface area contributed by atoms with Crippen molar-refractivity contribution in [2.45, 2.75) is 52.4 Å². The van der Waals surface area contributed by atoms with E-state index in [9.17, 15) is 0 Å². The summed E-state index contributed by atoms with van der Waals surface area (Å²) >= 11 is 1.90. The van der Waals surface area contributed by atoms with E-state index in [-0.39, 0.29) is 0 Å². The van der Waals surface area contributed by atoms with Crippen molar-refractivity contribution in [1.82, 2.24) is 10.3 Å². The highest BCUT2D eigenvalue weighted by Crippen LogP contribution is 2.32. The van der Waals surface area contributed by atoms with Gasteiger partial charge in [-0.15, -0.1) is 11.3 Å². The zero-order valence-electron chi connectivity index (χ0n) is 12.0. The molecule has 18 heavy (non-hydrogen) atoms. The van der Waals surface area contributed by atoms with Crippen LogP contribution in [0.5, 0.6) is 0 Å². The van der Waals surface area contributed by atoms with Crippen LogP contribution in [0.2, 0.25) is 0 Å². The Balaban J connectivity index is 2.03. The van der Waals surface area contributed by atoms with E-state index in [1.807, 2.05) is 11.3 Å². The summed E-state index contributed by atoms with van der Waals surface area (Å²) in [5, 5.41) is 4.74. The maximum Gasteiger partial charge on any atom is 0.0933 e. The average Bonchev–Trinajstić information content (AvgIpc) is 2.53. The predicted molar refractivity (Wildman–Crippen MR) is 79.3 cm³/mol. The van der Waals surface area contributed by atoms with Crippen LogP contribution in [0.4, 0.5) is 0 Å². The number of nitrogens with zero attached hydrogens (tertiary/aromatic N) is 1. The van der Waals surface area contributed by atoms with E-state index in [0.29, 0.717) is 0 Å². The molecule has 1 aliphatic carbocycles. The first-order valence-corrected chi connectivity index (χ1v) is 8.10. The molecule has 1 heterocycles. The second kappa shape index (κ2) is 6.67. The third kappa shape index (κ3) is 3.55. The molecule has 1 fully saturated rings. The van der Waals surface area contributed by atoms with Gasteiger partial charge in [-0.1, -0.05) is 19.3 Å². The molecule has 0 radical (unpaired) electrons. The van der Waals surface area contributed by atoms with Gasteiger partial charge in [0.1, 0.15) is 0 Å². The first kappa shape index (κ1) is 14.0. The van der Waals surface area contributed by atoms with Crippen molar-refractivity contribution in [2.75, 3.05) is 13.6 Å². The van der Waals surface area contributed by atoms with Crippen LogP contribution < -0.4 is 5.32 Å². The quantitative estimate of drug-likeness (QED) is 0.840. The second-order valence-corrected chi connectivity index (χ2v) is 6.96. The first-order chi connectivity index (χ1) is 8.70. The number of aromatic nitrogens is 1. The van der Waals surface area contributed by atoms with Gasteiger partial charge >= 0.3 is 0 Å². The zero-order chi connectivity index (χ0) is 13.0. The van der Waals surface area contributed by atoms with Crippen molar-refractivity contribution < 1.29 is 0 Å². The molecule has 0 aromatic carbocycles. The minimum atomic E-state index is 0.838. The normalized spacial score (nSPS) is 25.1. The van der Waals surface area contributed by atoms with E-state index in [1.54, 1.807) is 0 Å². The van der Waals surface area contributed by atoms with Crippen LogP contribution in [0.3, 0.4) is 0 Å². The van der Waals surface area contributed by atoms with Crippen LogP contribution in [0.15, 0.2) is 0 Å². The molecule has 2 nitrogen and oxygen atoms in total. The number of hydrogen-bond acceptors (Lipinski definition) is 3. The number of rotatable bonds is 4. The van der Waals surface area contributed by atoms with Gasteiger partial charge in [0.05, 0.1) is 10.7 Å². The number of nitrogens with one attached hydrogen (secondary N) is 1. The molecule has 0 saturated heterocycles. The van der Waals surface area contributed by atoms with Gasteiger partial charge in [0, 0.05) is 11.3 Å². The van der Waals surface area contributed by atoms with Gasteiger partial charge < -0.3 is 5.32 Å². The van der Waals surface area contributed by atoms with E-state index in [0.717, 1.165) is 11.8 Å². The molecule has 0 spiro atoms. The summed E-state index contributed by atoms with van der Waals surface area (Å²) in [5.74, 6) is 1.69. The minimum Gasteiger partial charge on any atom is -0.319 e. The summed E-state index contributed by atoms with van der Waals surface area (Å²) < 4.78 is 0. The Morgan fingerprint density at radius 2 is 1.89 bits per heavy atom. The molecule has 0 bridgehead atoms. The highest BCUT2D eigenvalue weighted by atomic mass is 32.1. The van der Waals surface area contributed by atoms with Crippen molar-refractivity contribution in [3.63, 3.8) is 0 Å². The van der Waals surface area contributed by atoms with Crippen LogP contribution in [0, 0.1) is 25.7 Å². The van der Waals surface area contributed by atoms with Gasteiger partial charge in [0.2, 0.25) is 0 Å².